The molecule has 0 aliphatic heterocycles. The van der Waals surface area contributed by atoms with Crippen molar-refractivity contribution >= 4 is 44.4 Å². The first kappa shape index (κ1) is 28.1. The summed E-state index contributed by atoms with van der Waals surface area (Å²) < 4.78 is 32.3. The lowest BCUT2D eigenvalue weighted by atomic mass is 10.1. The molecule has 1 amide bonds. The van der Waals surface area contributed by atoms with Gasteiger partial charge in [0, 0.05) is 48.3 Å². The van der Waals surface area contributed by atoms with Crippen LogP contribution in [0.5, 0.6) is 11.6 Å². The van der Waals surface area contributed by atoms with Gasteiger partial charge >= 0.3 is 6.09 Å². The number of benzene rings is 2. The zero-order chi connectivity index (χ0) is 29.1. The molecule has 0 fully saturated rings. The molecule has 41 heavy (non-hydrogen) atoms. The number of hydrogen-bond donors (Lipinski definition) is 2. The van der Waals surface area contributed by atoms with Crippen LogP contribution in [0.15, 0.2) is 48.8 Å². The van der Waals surface area contributed by atoms with Gasteiger partial charge in [0.1, 0.15) is 17.2 Å². The third-order valence-corrected chi connectivity index (χ3v) is 7.40. The number of pyridine rings is 1. The fraction of sp³-hybridized carbons (Fsp3) is 0.276. The molecule has 12 heteroatoms. The standard InChI is InChI=1S/C29H28FN5O5S/c1-15-9-20(27-23(10-15)34-26(38-4)14-32-27)28-35-22-12-21(30)24(13-25(22)41-28)39-16(2)17(3)40-29(37)33-19-5-7-31-18(11-19)6-8-36/h5,7,9-14,16-17,36H,6,8H2,1-4H3,(H,31,33,37)/t16-,17+/m0/s1. The maximum Gasteiger partial charge on any atom is 0.412 e. The number of amides is 1. The number of halogens is 1. The highest BCUT2D eigenvalue weighted by molar-refractivity contribution is 7.21. The minimum absolute atomic E-state index is 0.0254. The van der Waals surface area contributed by atoms with Gasteiger partial charge in [-0.15, -0.1) is 11.3 Å². The molecular weight excluding hydrogens is 549 g/mol. The van der Waals surface area contributed by atoms with Crippen LogP contribution in [-0.2, 0) is 11.2 Å². The first-order valence-electron chi connectivity index (χ1n) is 12.9. The molecule has 0 aliphatic rings. The maximum atomic E-state index is 15.1. The van der Waals surface area contributed by atoms with Gasteiger partial charge in [0.2, 0.25) is 5.88 Å². The van der Waals surface area contributed by atoms with Crippen molar-refractivity contribution in [2.45, 2.75) is 39.4 Å². The Kier molecular flexibility index (Phi) is 8.22. The lowest BCUT2D eigenvalue weighted by Crippen LogP contribution is -2.32. The average molecular weight is 578 g/mol. The summed E-state index contributed by atoms with van der Waals surface area (Å²) in [6, 6.07) is 10.1. The van der Waals surface area contributed by atoms with E-state index in [1.165, 1.54) is 30.7 Å². The van der Waals surface area contributed by atoms with Crippen LogP contribution in [0, 0.1) is 12.7 Å². The van der Waals surface area contributed by atoms with Crippen molar-refractivity contribution in [3.05, 3.63) is 65.9 Å². The predicted octanol–water partition coefficient (Wildman–Crippen LogP) is 5.70. The summed E-state index contributed by atoms with van der Waals surface area (Å²) >= 11 is 1.39. The molecule has 3 heterocycles. The second kappa shape index (κ2) is 12.0. The molecule has 0 radical (unpaired) electrons. The maximum absolute atomic E-state index is 15.1. The summed E-state index contributed by atoms with van der Waals surface area (Å²) in [7, 11) is 1.54. The Hall–Kier alpha value is -4.42. The number of aryl methyl sites for hydroxylation is 1. The quantitative estimate of drug-likeness (QED) is 0.227. The topological polar surface area (TPSA) is 129 Å². The molecular formula is C29H28FN5O5S. The number of aliphatic hydroxyl groups excluding tert-OH is 1. The molecule has 0 saturated heterocycles. The van der Waals surface area contributed by atoms with Crippen LogP contribution >= 0.6 is 11.3 Å². The summed E-state index contributed by atoms with van der Waals surface area (Å²) in [5, 5.41) is 12.4. The predicted molar refractivity (Wildman–Crippen MR) is 154 cm³/mol. The third-order valence-electron chi connectivity index (χ3n) is 6.35. The van der Waals surface area contributed by atoms with Crippen molar-refractivity contribution in [1.82, 2.24) is 19.9 Å². The van der Waals surface area contributed by atoms with Crippen LogP contribution < -0.4 is 14.8 Å². The van der Waals surface area contributed by atoms with Crippen LogP contribution in [0.3, 0.4) is 0 Å². The lowest BCUT2D eigenvalue weighted by Gasteiger charge is -2.22. The minimum atomic E-state index is -0.699. The van der Waals surface area contributed by atoms with Crippen LogP contribution in [0.25, 0.3) is 31.8 Å². The van der Waals surface area contributed by atoms with Crippen molar-refractivity contribution in [2.75, 3.05) is 19.0 Å². The monoisotopic (exact) mass is 577 g/mol. The van der Waals surface area contributed by atoms with E-state index in [4.69, 9.17) is 19.3 Å². The van der Waals surface area contributed by atoms with E-state index in [-0.39, 0.29) is 12.4 Å². The molecule has 2 atom stereocenters. The van der Waals surface area contributed by atoms with Gasteiger partial charge in [-0.3, -0.25) is 10.3 Å². The minimum Gasteiger partial charge on any atom is -0.484 e. The Balaban J connectivity index is 1.32. The highest BCUT2D eigenvalue weighted by Crippen LogP contribution is 2.37. The van der Waals surface area contributed by atoms with Crippen LogP contribution in [0.2, 0.25) is 0 Å². The normalized spacial score (nSPS) is 12.7. The highest BCUT2D eigenvalue weighted by atomic mass is 32.1. The number of thiazole rings is 1. The number of rotatable bonds is 9. The zero-order valence-electron chi connectivity index (χ0n) is 22.8. The first-order chi connectivity index (χ1) is 19.7. The van der Waals surface area contributed by atoms with Crippen molar-refractivity contribution in [1.29, 1.82) is 0 Å². The zero-order valence-corrected chi connectivity index (χ0v) is 23.7. The number of nitrogens with zero attached hydrogens (tertiary/aromatic N) is 4. The lowest BCUT2D eigenvalue weighted by molar-refractivity contribution is 0.0402. The number of methoxy groups -OCH3 is 1. The number of aliphatic hydroxyl groups is 1. The number of ether oxygens (including phenoxy) is 3. The fourth-order valence-electron chi connectivity index (χ4n) is 4.16. The number of nitrogens with one attached hydrogen (secondary N) is 1. The molecule has 5 rings (SSSR count). The van der Waals surface area contributed by atoms with Gasteiger partial charge in [-0.25, -0.2) is 24.1 Å². The van der Waals surface area contributed by atoms with Crippen LogP contribution in [-0.4, -0.2) is 57.1 Å². The second-order valence-electron chi connectivity index (χ2n) is 9.43. The van der Waals surface area contributed by atoms with E-state index in [1.54, 1.807) is 38.2 Å². The molecule has 212 valence electrons. The number of carbonyl (C=O) groups is 1. The summed E-state index contributed by atoms with van der Waals surface area (Å²) in [6.07, 6.45) is 1.41. The molecule has 3 aromatic heterocycles. The second-order valence-corrected chi connectivity index (χ2v) is 10.5. The first-order valence-corrected chi connectivity index (χ1v) is 13.7. The molecule has 0 unspecified atom stereocenters. The molecule has 0 bridgehead atoms. The molecule has 5 aromatic rings. The number of anilines is 1. The van der Waals surface area contributed by atoms with Crippen molar-refractivity contribution < 1.29 is 28.5 Å². The Labute approximate surface area is 239 Å². The number of hydrogen-bond acceptors (Lipinski definition) is 10. The molecule has 2 aromatic carbocycles. The molecule has 0 spiro atoms. The van der Waals surface area contributed by atoms with Gasteiger partial charge in [-0.05, 0) is 50.6 Å². The van der Waals surface area contributed by atoms with Crippen LogP contribution in [0.4, 0.5) is 14.9 Å². The fourth-order valence-corrected chi connectivity index (χ4v) is 5.15. The van der Waals surface area contributed by atoms with Crippen LogP contribution in [0.1, 0.15) is 25.1 Å². The summed E-state index contributed by atoms with van der Waals surface area (Å²) in [6.45, 7) is 5.26. The number of fused-ring (bicyclic) bond motifs is 2. The Bertz CT molecular complexity index is 1730. The third kappa shape index (κ3) is 6.34. The summed E-state index contributed by atoms with van der Waals surface area (Å²) in [5.74, 6) is -0.140. The van der Waals surface area contributed by atoms with E-state index in [0.29, 0.717) is 45.2 Å². The summed E-state index contributed by atoms with van der Waals surface area (Å²) in [5.41, 5.74) is 4.72. The van der Waals surface area contributed by atoms with E-state index in [9.17, 15) is 4.79 Å². The SMILES string of the molecule is COc1cnc2c(-c3nc4cc(F)c(O[C@@H](C)[C@@H](C)OC(=O)Nc5ccnc(CCO)c5)cc4s3)cc(C)cc2n1. The van der Waals surface area contributed by atoms with Crippen molar-refractivity contribution in [2.24, 2.45) is 0 Å². The van der Waals surface area contributed by atoms with Gasteiger partial charge in [0.25, 0.3) is 0 Å². The Morgan fingerprint density at radius 1 is 1.10 bits per heavy atom. The molecule has 2 N–H and O–H groups in total. The van der Waals surface area contributed by atoms with Gasteiger partial charge in [-0.1, -0.05) is 0 Å². The highest BCUT2D eigenvalue weighted by Gasteiger charge is 2.22. The smallest absolute Gasteiger partial charge is 0.412 e. The number of aromatic nitrogens is 4. The van der Waals surface area contributed by atoms with E-state index in [1.807, 2.05) is 19.1 Å². The molecule has 0 aliphatic carbocycles. The van der Waals surface area contributed by atoms with E-state index in [2.05, 4.69) is 25.3 Å². The Morgan fingerprint density at radius 3 is 2.71 bits per heavy atom. The van der Waals surface area contributed by atoms with Crippen molar-refractivity contribution in [3.8, 4) is 22.2 Å². The molecule has 10 nitrogen and oxygen atoms in total. The van der Waals surface area contributed by atoms with E-state index in [0.717, 1.165) is 15.8 Å². The van der Waals surface area contributed by atoms with Gasteiger partial charge in [0.05, 0.1) is 34.6 Å². The largest absolute Gasteiger partial charge is 0.484 e. The van der Waals surface area contributed by atoms with E-state index >= 15 is 4.39 Å². The van der Waals surface area contributed by atoms with Gasteiger partial charge < -0.3 is 19.3 Å². The average Bonchev–Trinajstić information content (AvgIpc) is 3.35. The Morgan fingerprint density at radius 2 is 1.93 bits per heavy atom. The van der Waals surface area contributed by atoms with Gasteiger partial charge in [-0.2, -0.15) is 0 Å². The number of carbonyl (C=O) groups excluding carboxylic acids is 1. The van der Waals surface area contributed by atoms with E-state index < -0.39 is 24.1 Å². The molecule has 0 saturated carbocycles. The summed E-state index contributed by atoms with van der Waals surface area (Å²) in [4.78, 5) is 30.2. The van der Waals surface area contributed by atoms with Gasteiger partial charge in [0.15, 0.2) is 11.6 Å². The van der Waals surface area contributed by atoms with Crippen molar-refractivity contribution in [3.63, 3.8) is 0 Å².